The molecule has 0 fully saturated rings. The van der Waals surface area contributed by atoms with Crippen LogP contribution in [0.15, 0.2) is 78.9 Å². The van der Waals surface area contributed by atoms with Gasteiger partial charge < -0.3 is 16.0 Å². The number of amides is 1. The Balaban J connectivity index is 1.79. The van der Waals surface area contributed by atoms with Crippen molar-refractivity contribution in [2.45, 2.75) is 6.04 Å². The summed E-state index contributed by atoms with van der Waals surface area (Å²) in [7, 11) is 0. The molecule has 0 aromatic heterocycles. The summed E-state index contributed by atoms with van der Waals surface area (Å²) in [5, 5.41) is 20.4. The van der Waals surface area contributed by atoms with Gasteiger partial charge in [0.05, 0.1) is 4.92 Å². The Morgan fingerprint density at radius 3 is 2.23 bits per heavy atom. The van der Waals surface area contributed by atoms with E-state index < -0.39 is 11.0 Å². The predicted molar refractivity (Wildman–Crippen MR) is 122 cm³/mol. The maximum atomic E-state index is 13.0. The number of anilines is 2. The van der Waals surface area contributed by atoms with Gasteiger partial charge in [-0.2, -0.15) is 0 Å². The normalized spacial score (nSPS) is 11.2. The summed E-state index contributed by atoms with van der Waals surface area (Å²) < 4.78 is 0. The van der Waals surface area contributed by atoms with E-state index in [1.165, 1.54) is 12.1 Å². The van der Waals surface area contributed by atoms with E-state index >= 15 is 0 Å². The predicted octanol–water partition coefficient (Wildman–Crippen LogP) is 4.91. The van der Waals surface area contributed by atoms with Crippen LogP contribution in [0.5, 0.6) is 0 Å². The van der Waals surface area contributed by atoms with E-state index in [0.717, 1.165) is 0 Å². The fourth-order valence-corrected chi connectivity index (χ4v) is 3.08. The van der Waals surface area contributed by atoms with Gasteiger partial charge in [-0.1, -0.05) is 54.1 Å². The third-order valence-electron chi connectivity index (χ3n) is 4.13. The van der Waals surface area contributed by atoms with E-state index in [1.807, 2.05) is 6.07 Å². The number of thiocarbonyl (C=S) groups is 1. The molecule has 1 unspecified atom stereocenters. The molecule has 7 nitrogen and oxygen atoms in total. The average molecular weight is 441 g/mol. The molecule has 0 spiro atoms. The molecule has 3 rings (SSSR count). The van der Waals surface area contributed by atoms with E-state index in [0.29, 0.717) is 16.3 Å². The number of hydrogen-bond acceptors (Lipinski definition) is 4. The molecule has 1 amide bonds. The summed E-state index contributed by atoms with van der Waals surface area (Å²) in [6.45, 7) is 0. The summed E-state index contributed by atoms with van der Waals surface area (Å²) in [5.41, 5.74) is 1.36. The Morgan fingerprint density at radius 2 is 1.57 bits per heavy atom. The van der Waals surface area contributed by atoms with Crippen LogP contribution in [0.4, 0.5) is 17.1 Å². The molecule has 9 heteroatoms. The molecule has 3 aromatic rings. The van der Waals surface area contributed by atoms with E-state index in [-0.39, 0.29) is 22.4 Å². The van der Waals surface area contributed by atoms with Crippen molar-refractivity contribution in [3.05, 3.63) is 99.6 Å². The van der Waals surface area contributed by atoms with Crippen LogP contribution >= 0.6 is 23.8 Å². The number of hydrogen-bond donors (Lipinski definition) is 3. The van der Waals surface area contributed by atoms with Crippen molar-refractivity contribution < 1.29 is 9.72 Å². The van der Waals surface area contributed by atoms with Crippen molar-refractivity contribution in [2.75, 3.05) is 10.6 Å². The summed E-state index contributed by atoms with van der Waals surface area (Å²) in [4.78, 5) is 23.7. The summed E-state index contributed by atoms with van der Waals surface area (Å²) >= 11 is 11.2. The van der Waals surface area contributed by atoms with Gasteiger partial charge in [0.1, 0.15) is 11.7 Å². The molecule has 0 aliphatic rings. The van der Waals surface area contributed by atoms with Gasteiger partial charge in [-0.25, -0.2) is 0 Å². The van der Waals surface area contributed by atoms with Crippen LogP contribution in [-0.4, -0.2) is 15.9 Å². The van der Waals surface area contributed by atoms with Gasteiger partial charge in [0.15, 0.2) is 5.11 Å². The number of nitro groups is 1. The number of carbonyl (C=O) groups is 1. The van der Waals surface area contributed by atoms with Crippen molar-refractivity contribution in [3.8, 4) is 0 Å². The first-order valence-electron chi connectivity index (χ1n) is 8.86. The molecule has 152 valence electrons. The highest BCUT2D eigenvalue weighted by molar-refractivity contribution is 7.80. The summed E-state index contributed by atoms with van der Waals surface area (Å²) in [5.74, 6) is -0.352. The van der Waals surface area contributed by atoms with E-state index in [2.05, 4.69) is 16.0 Å². The number of nitro benzene ring substituents is 1. The van der Waals surface area contributed by atoms with Crippen molar-refractivity contribution >= 4 is 51.9 Å². The molecule has 3 N–H and O–H groups in total. The van der Waals surface area contributed by atoms with Gasteiger partial charge in [0.25, 0.3) is 11.6 Å². The van der Waals surface area contributed by atoms with Gasteiger partial charge in [-0.3, -0.25) is 14.9 Å². The van der Waals surface area contributed by atoms with Crippen molar-refractivity contribution in [2.24, 2.45) is 0 Å². The van der Waals surface area contributed by atoms with Crippen LogP contribution in [0.2, 0.25) is 5.02 Å². The first-order valence-corrected chi connectivity index (χ1v) is 9.65. The largest absolute Gasteiger partial charge is 0.347 e. The second-order valence-corrected chi connectivity index (χ2v) is 7.06. The number of nitrogens with zero attached hydrogens (tertiary/aromatic N) is 1. The van der Waals surface area contributed by atoms with Crippen molar-refractivity contribution in [3.63, 3.8) is 0 Å². The lowest BCUT2D eigenvalue weighted by molar-refractivity contribution is -0.383. The van der Waals surface area contributed by atoms with E-state index in [9.17, 15) is 14.9 Å². The lowest BCUT2D eigenvalue weighted by Crippen LogP contribution is -2.39. The van der Waals surface area contributed by atoms with E-state index in [4.69, 9.17) is 23.8 Å². The summed E-state index contributed by atoms with van der Waals surface area (Å²) in [6.07, 6.45) is 0. The van der Waals surface area contributed by atoms with Gasteiger partial charge in [0, 0.05) is 16.8 Å². The van der Waals surface area contributed by atoms with Gasteiger partial charge >= 0.3 is 0 Å². The first kappa shape index (κ1) is 21.2. The molecule has 3 aromatic carbocycles. The second kappa shape index (κ2) is 9.82. The number of para-hydroxylation sites is 2. The molecule has 0 aliphatic carbocycles. The van der Waals surface area contributed by atoms with Crippen molar-refractivity contribution in [1.82, 2.24) is 5.32 Å². The fraction of sp³-hybridized carbons (Fsp3) is 0.0476. The van der Waals surface area contributed by atoms with Gasteiger partial charge in [-0.15, -0.1) is 0 Å². The average Bonchev–Trinajstić information content (AvgIpc) is 2.74. The highest BCUT2D eigenvalue weighted by Gasteiger charge is 2.22. The molecule has 0 saturated heterocycles. The molecule has 0 bridgehead atoms. The highest BCUT2D eigenvalue weighted by atomic mass is 35.5. The molecule has 0 aliphatic heterocycles. The van der Waals surface area contributed by atoms with Crippen LogP contribution in [0, 0.1) is 10.1 Å². The minimum absolute atomic E-state index is 0.0735. The smallest absolute Gasteiger partial charge is 0.292 e. The molecule has 0 radical (unpaired) electrons. The van der Waals surface area contributed by atoms with Crippen LogP contribution in [0.1, 0.15) is 11.6 Å². The maximum absolute atomic E-state index is 13.0. The first-order chi connectivity index (χ1) is 14.4. The third kappa shape index (κ3) is 5.53. The molecule has 30 heavy (non-hydrogen) atoms. The number of rotatable bonds is 6. The SMILES string of the molecule is O=C(Nc1ccc(Cl)cc1)C(NC(=S)Nc1ccccc1[N+](=O)[O-])c1ccccc1. The summed E-state index contributed by atoms with van der Waals surface area (Å²) in [6, 6.07) is 21.0. The van der Waals surface area contributed by atoms with Gasteiger partial charge in [0.2, 0.25) is 0 Å². The topological polar surface area (TPSA) is 96.3 Å². The number of carbonyl (C=O) groups excluding carboxylic acids is 1. The Kier molecular flexibility index (Phi) is 6.95. The minimum Gasteiger partial charge on any atom is -0.347 e. The lowest BCUT2D eigenvalue weighted by atomic mass is 10.1. The highest BCUT2D eigenvalue weighted by Crippen LogP contribution is 2.24. The van der Waals surface area contributed by atoms with Crippen molar-refractivity contribution in [1.29, 1.82) is 0 Å². The molecular weight excluding hydrogens is 424 g/mol. The minimum atomic E-state index is -0.829. The molecule has 0 saturated carbocycles. The monoisotopic (exact) mass is 440 g/mol. The Hall–Kier alpha value is -3.49. The van der Waals surface area contributed by atoms with Gasteiger partial charge in [-0.05, 0) is 48.1 Å². The number of nitrogens with one attached hydrogen (secondary N) is 3. The zero-order chi connectivity index (χ0) is 21.5. The van der Waals surface area contributed by atoms with Crippen LogP contribution in [0.25, 0.3) is 0 Å². The fourth-order valence-electron chi connectivity index (χ4n) is 2.72. The standard InChI is InChI=1S/C21H17ClN4O3S/c22-15-10-12-16(13-11-15)23-20(27)19(14-6-2-1-3-7-14)25-21(30)24-17-8-4-5-9-18(17)26(28)29/h1-13,19H,(H,23,27)(H2,24,25,30). The Morgan fingerprint density at radius 1 is 0.933 bits per heavy atom. The van der Waals surface area contributed by atoms with Crippen LogP contribution in [-0.2, 0) is 4.79 Å². The zero-order valence-corrected chi connectivity index (χ0v) is 17.1. The second-order valence-electron chi connectivity index (χ2n) is 6.21. The number of benzene rings is 3. The number of halogens is 1. The molecule has 1 atom stereocenters. The lowest BCUT2D eigenvalue weighted by Gasteiger charge is -2.21. The molecule has 0 heterocycles. The zero-order valence-electron chi connectivity index (χ0n) is 15.5. The van der Waals surface area contributed by atoms with E-state index in [1.54, 1.807) is 60.7 Å². The third-order valence-corrected chi connectivity index (χ3v) is 4.60. The van der Waals surface area contributed by atoms with Crippen LogP contribution in [0.3, 0.4) is 0 Å². The van der Waals surface area contributed by atoms with Crippen LogP contribution < -0.4 is 16.0 Å². The molecular formula is C21H17ClN4O3S. The Bertz CT molecular complexity index is 1060. The quantitative estimate of drug-likeness (QED) is 0.286. The maximum Gasteiger partial charge on any atom is 0.292 e. The Labute approximate surface area is 183 Å².